The number of aromatic amines is 1. The number of amides is 3. The van der Waals surface area contributed by atoms with Crippen LogP contribution in [0, 0.1) is 5.41 Å². The summed E-state index contributed by atoms with van der Waals surface area (Å²) in [5, 5.41) is 21.9. The van der Waals surface area contributed by atoms with E-state index in [0.717, 1.165) is 47.0 Å². The van der Waals surface area contributed by atoms with Crippen molar-refractivity contribution >= 4 is 74.2 Å². The van der Waals surface area contributed by atoms with Gasteiger partial charge in [0, 0.05) is 67.6 Å². The van der Waals surface area contributed by atoms with E-state index in [1.807, 2.05) is 18.2 Å². The van der Waals surface area contributed by atoms with E-state index in [4.69, 9.17) is 25.9 Å². The Balaban J connectivity index is 0.815. The van der Waals surface area contributed by atoms with E-state index in [-0.39, 0.29) is 72.3 Å². The van der Waals surface area contributed by atoms with Crippen molar-refractivity contribution < 1.29 is 33.8 Å². The van der Waals surface area contributed by atoms with E-state index >= 15 is 0 Å². The second-order valence-corrected chi connectivity index (χ2v) is 16.9. The number of nitrogens with two attached hydrogens (primary N) is 2. The van der Waals surface area contributed by atoms with Crippen molar-refractivity contribution in [1.82, 2.24) is 50.4 Å². The topological polar surface area (TPSA) is 309 Å². The SMILES string of the molecule is CCCCc1nc2c(N)nc3ccccc3c2n1CC(C)(C)COCCNC(=O)CCOCCCNC(=O)CCC(NC(=O)c1ccc(NCc2cnc3nc(N)[nH]c(=O)c3n2)cc1)C(=O)O. The molecule has 356 valence electrons. The predicted octanol–water partition coefficient (Wildman–Crippen LogP) is 3.47. The number of aryl methyl sites for hydroxylation is 1. The van der Waals surface area contributed by atoms with E-state index in [9.17, 15) is 29.1 Å². The number of carbonyl (C=O) groups excluding carboxylic acids is 3. The molecule has 0 spiro atoms. The number of aromatic nitrogens is 7. The highest BCUT2D eigenvalue weighted by atomic mass is 16.5. The van der Waals surface area contributed by atoms with Crippen LogP contribution >= 0.6 is 0 Å². The van der Waals surface area contributed by atoms with Crippen molar-refractivity contribution in [2.24, 2.45) is 5.41 Å². The lowest BCUT2D eigenvalue weighted by molar-refractivity contribution is -0.139. The van der Waals surface area contributed by atoms with Crippen molar-refractivity contribution in [2.75, 3.05) is 56.3 Å². The lowest BCUT2D eigenvalue weighted by Crippen LogP contribution is -2.41. The summed E-state index contributed by atoms with van der Waals surface area (Å²) in [5.41, 5.74) is 15.2. The first-order valence-corrected chi connectivity index (χ1v) is 22.3. The number of carboxylic acid groups (broad SMARTS) is 1. The number of anilines is 3. The van der Waals surface area contributed by atoms with Crippen LogP contribution in [-0.2, 0) is 43.4 Å². The van der Waals surface area contributed by atoms with Gasteiger partial charge in [-0.2, -0.15) is 4.98 Å². The van der Waals surface area contributed by atoms with Crippen LogP contribution in [0.3, 0.4) is 0 Å². The number of ether oxygens (including phenoxy) is 2. The number of hydrogen-bond donors (Lipinski definition) is 8. The van der Waals surface area contributed by atoms with Gasteiger partial charge in [-0.15, -0.1) is 0 Å². The van der Waals surface area contributed by atoms with Crippen molar-refractivity contribution in [2.45, 2.75) is 84.8 Å². The number of benzene rings is 2. The first-order valence-electron chi connectivity index (χ1n) is 22.3. The van der Waals surface area contributed by atoms with Gasteiger partial charge in [-0.1, -0.05) is 45.4 Å². The smallest absolute Gasteiger partial charge is 0.326 e. The molecule has 1 atom stereocenters. The van der Waals surface area contributed by atoms with Crippen LogP contribution in [0.4, 0.5) is 17.5 Å². The first-order chi connectivity index (χ1) is 32.2. The minimum Gasteiger partial charge on any atom is -0.480 e. The molecule has 6 aromatic rings. The number of unbranched alkanes of at least 4 members (excludes halogenated alkanes) is 1. The van der Waals surface area contributed by atoms with E-state index in [2.05, 4.69) is 77.6 Å². The molecule has 10 N–H and O–H groups in total. The zero-order valence-corrected chi connectivity index (χ0v) is 38.0. The molecule has 1 unspecified atom stereocenters. The summed E-state index contributed by atoms with van der Waals surface area (Å²) in [6, 6.07) is 13.0. The van der Waals surface area contributed by atoms with E-state index in [1.165, 1.54) is 18.3 Å². The maximum absolute atomic E-state index is 12.9. The number of nitrogen functional groups attached to an aromatic ring is 2. The fourth-order valence-corrected chi connectivity index (χ4v) is 7.29. The zero-order chi connectivity index (χ0) is 47.9. The third-order valence-corrected chi connectivity index (χ3v) is 10.7. The average molecular weight is 922 g/mol. The Morgan fingerprint density at radius 1 is 0.881 bits per heavy atom. The molecule has 21 nitrogen and oxygen atoms in total. The number of H-pyrrole nitrogens is 1. The second kappa shape index (κ2) is 23.3. The maximum atomic E-state index is 12.9. The maximum Gasteiger partial charge on any atom is 0.326 e. The molecule has 0 aliphatic rings. The minimum absolute atomic E-state index is 0.0502. The largest absolute Gasteiger partial charge is 0.480 e. The molecule has 4 aromatic heterocycles. The molecule has 0 saturated heterocycles. The monoisotopic (exact) mass is 921 g/mol. The van der Waals surface area contributed by atoms with Crippen LogP contribution < -0.4 is 38.3 Å². The number of carbonyl (C=O) groups is 4. The third kappa shape index (κ3) is 13.9. The summed E-state index contributed by atoms with van der Waals surface area (Å²) < 4.78 is 13.9. The standard InChI is InChI=1S/C46H59N13O8/c1-4-5-11-34-56-37-39(31-9-6-7-10-32(31)54-40(37)47)59(34)26-46(2,3)27-67-23-20-50-36(61)18-22-66-21-8-19-49-35(60)17-16-33(44(64)65)55-42(62)28-12-14-29(15-13-28)51-24-30-25-52-41-38(53-30)43(63)58-45(48)57-41/h6-7,9-10,12-15,25,33,51H,4-5,8,11,16-24,26-27H2,1-3H3,(H2,47,54)(H,49,60)(H,50,61)(H,55,62)(H,64,65)(H3,48,52,57,58,63). The van der Waals surface area contributed by atoms with Gasteiger partial charge in [0.1, 0.15) is 17.4 Å². The van der Waals surface area contributed by atoms with Gasteiger partial charge < -0.3 is 51.9 Å². The van der Waals surface area contributed by atoms with Gasteiger partial charge in [-0.25, -0.2) is 24.7 Å². The van der Waals surface area contributed by atoms with Gasteiger partial charge in [-0.3, -0.25) is 24.2 Å². The molecule has 6 rings (SSSR count). The number of fused-ring (bicyclic) bond motifs is 4. The molecule has 0 radical (unpaired) electrons. The Labute approximate surface area is 386 Å². The molecule has 0 bridgehead atoms. The van der Waals surface area contributed by atoms with Gasteiger partial charge in [-0.05, 0) is 49.6 Å². The van der Waals surface area contributed by atoms with Crippen molar-refractivity contribution in [3.05, 3.63) is 82.2 Å². The summed E-state index contributed by atoms with van der Waals surface area (Å²) in [5.74, 6) is -1.07. The summed E-state index contributed by atoms with van der Waals surface area (Å²) in [6.45, 7) is 9.31. The molecule has 3 amide bonds. The molecular weight excluding hydrogens is 863 g/mol. The molecular formula is C46H59N13O8. The van der Waals surface area contributed by atoms with Gasteiger partial charge in [0.15, 0.2) is 17.0 Å². The van der Waals surface area contributed by atoms with E-state index in [0.29, 0.717) is 63.1 Å². The number of imidazole rings is 1. The van der Waals surface area contributed by atoms with Crippen LogP contribution in [0.5, 0.6) is 0 Å². The highest BCUT2D eigenvalue weighted by molar-refractivity contribution is 6.06. The zero-order valence-electron chi connectivity index (χ0n) is 38.0. The summed E-state index contributed by atoms with van der Waals surface area (Å²) >= 11 is 0. The number of para-hydroxylation sites is 1. The summed E-state index contributed by atoms with van der Waals surface area (Å²) in [6.07, 6.45) is 4.76. The van der Waals surface area contributed by atoms with Crippen molar-refractivity contribution in [3.8, 4) is 0 Å². The average Bonchev–Trinajstić information content (AvgIpc) is 3.66. The molecule has 21 heteroatoms. The fraction of sp³-hybridized carbons (Fsp3) is 0.435. The number of nitrogens with zero attached hydrogens (tertiary/aromatic N) is 6. The van der Waals surface area contributed by atoms with Gasteiger partial charge in [0.2, 0.25) is 17.8 Å². The Morgan fingerprint density at radius 2 is 1.64 bits per heavy atom. The molecule has 67 heavy (non-hydrogen) atoms. The molecule has 0 aliphatic carbocycles. The summed E-state index contributed by atoms with van der Waals surface area (Å²) in [7, 11) is 0. The van der Waals surface area contributed by atoms with Crippen LogP contribution in [0.25, 0.3) is 33.1 Å². The van der Waals surface area contributed by atoms with Gasteiger partial charge in [0.05, 0.1) is 49.3 Å². The predicted molar refractivity (Wildman–Crippen MR) is 253 cm³/mol. The first kappa shape index (κ1) is 49.2. The Bertz CT molecular complexity index is 2740. The number of pyridine rings is 1. The van der Waals surface area contributed by atoms with Gasteiger partial charge >= 0.3 is 5.97 Å². The highest BCUT2D eigenvalue weighted by Crippen LogP contribution is 2.32. The Hall–Kier alpha value is -7.26. The highest BCUT2D eigenvalue weighted by Gasteiger charge is 2.25. The Morgan fingerprint density at radius 3 is 2.42 bits per heavy atom. The fourth-order valence-electron chi connectivity index (χ4n) is 7.29. The number of hydrogen-bond acceptors (Lipinski definition) is 15. The van der Waals surface area contributed by atoms with E-state index in [1.54, 1.807) is 12.1 Å². The van der Waals surface area contributed by atoms with E-state index < -0.39 is 23.5 Å². The van der Waals surface area contributed by atoms with Crippen molar-refractivity contribution in [3.63, 3.8) is 0 Å². The molecule has 0 saturated carbocycles. The van der Waals surface area contributed by atoms with Crippen LogP contribution in [-0.4, -0.2) is 109 Å². The minimum atomic E-state index is -1.29. The lowest BCUT2D eigenvalue weighted by atomic mass is 9.94. The van der Waals surface area contributed by atoms with Crippen LogP contribution in [0.15, 0.2) is 59.5 Å². The lowest BCUT2D eigenvalue weighted by Gasteiger charge is -2.27. The number of aliphatic carboxylic acids is 1. The van der Waals surface area contributed by atoms with Crippen molar-refractivity contribution in [1.29, 1.82) is 0 Å². The number of nitrogens with one attached hydrogen (secondary N) is 5. The normalized spacial score (nSPS) is 12.0. The van der Waals surface area contributed by atoms with Crippen LogP contribution in [0.1, 0.15) is 81.2 Å². The number of carboxylic acids is 1. The number of rotatable bonds is 26. The second-order valence-electron chi connectivity index (χ2n) is 16.9. The van der Waals surface area contributed by atoms with Gasteiger partial charge in [0.25, 0.3) is 11.5 Å². The molecule has 0 aliphatic heterocycles. The quantitative estimate of drug-likeness (QED) is 0.0361. The summed E-state index contributed by atoms with van der Waals surface area (Å²) in [4.78, 5) is 86.0. The molecule has 2 aromatic carbocycles. The molecule has 4 heterocycles. The van der Waals surface area contributed by atoms with Crippen LogP contribution in [0.2, 0.25) is 0 Å². The Kier molecular flexibility index (Phi) is 17.1. The third-order valence-electron chi connectivity index (χ3n) is 10.7. The molecule has 0 fully saturated rings.